The fourth-order valence-electron chi connectivity index (χ4n) is 2.14. The largest absolute Gasteiger partial charge is 0.463 e. The maximum absolute atomic E-state index is 12.4. The number of carbonyl (C=O) groups is 1. The molecule has 0 aliphatic heterocycles. The van der Waals surface area contributed by atoms with Crippen LogP contribution < -0.4 is 0 Å². The minimum atomic E-state index is -0.718. The molecule has 20 heavy (non-hydrogen) atoms. The Balaban J connectivity index is 2.23. The lowest BCUT2D eigenvalue weighted by atomic mass is 9.92. The van der Waals surface area contributed by atoms with E-state index in [1.807, 2.05) is 18.2 Å². The molecule has 108 valence electrons. The molecule has 0 saturated carbocycles. The van der Waals surface area contributed by atoms with Gasteiger partial charge >= 0.3 is 0 Å². The Morgan fingerprint density at radius 2 is 1.95 bits per heavy atom. The molecule has 1 aromatic heterocycles. The van der Waals surface area contributed by atoms with E-state index in [0.717, 1.165) is 5.39 Å². The molecule has 2 N–H and O–H groups in total. The van der Waals surface area contributed by atoms with E-state index in [9.17, 15) is 15.0 Å². The third-order valence-electron chi connectivity index (χ3n) is 3.44. The van der Waals surface area contributed by atoms with E-state index in [1.165, 1.54) is 11.2 Å². The molecule has 2 aromatic rings. The summed E-state index contributed by atoms with van der Waals surface area (Å²) in [6.45, 7) is 1.61. The minimum Gasteiger partial charge on any atom is -0.463 e. The van der Waals surface area contributed by atoms with Gasteiger partial charge in [0, 0.05) is 24.4 Å². The highest BCUT2D eigenvalue weighted by Crippen LogP contribution is 2.23. The van der Waals surface area contributed by atoms with Crippen LogP contribution in [0.4, 0.5) is 0 Å². The molecule has 5 heteroatoms. The van der Waals surface area contributed by atoms with Crippen LogP contribution in [0.15, 0.2) is 34.9 Å². The summed E-state index contributed by atoms with van der Waals surface area (Å²) in [6.07, 6.45) is 1.44. The van der Waals surface area contributed by atoms with E-state index in [2.05, 4.69) is 0 Å². The average Bonchev–Trinajstić information content (AvgIpc) is 2.90. The Morgan fingerprint density at radius 1 is 1.30 bits per heavy atom. The number of nitrogens with zero attached hydrogens (tertiary/aromatic N) is 1. The van der Waals surface area contributed by atoms with Gasteiger partial charge in [0.2, 0.25) is 0 Å². The third-order valence-corrected chi connectivity index (χ3v) is 3.44. The molecule has 0 saturated heterocycles. The van der Waals surface area contributed by atoms with Crippen molar-refractivity contribution in [3.63, 3.8) is 0 Å². The molecule has 0 radical (unpaired) electrons. The Hall–Kier alpha value is -1.85. The Kier molecular flexibility index (Phi) is 4.11. The predicted molar refractivity (Wildman–Crippen MR) is 75.5 cm³/mol. The van der Waals surface area contributed by atoms with Crippen molar-refractivity contribution in [3.05, 3.63) is 36.1 Å². The first-order valence-corrected chi connectivity index (χ1v) is 6.44. The molecule has 0 atom stereocenters. The summed E-state index contributed by atoms with van der Waals surface area (Å²) in [5.74, 6) is -0.192. The van der Waals surface area contributed by atoms with Crippen molar-refractivity contribution in [1.82, 2.24) is 4.90 Å². The van der Waals surface area contributed by atoms with Crippen molar-refractivity contribution < 1.29 is 19.4 Å². The first-order valence-electron chi connectivity index (χ1n) is 6.44. The van der Waals surface area contributed by atoms with Gasteiger partial charge in [0.25, 0.3) is 5.91 Å². The normalized spacial score (nSPS) is 11.8. The van der Waals surface area contributed by atoms with Gasteiger partial charge in [-0.1, -0.05) is 25.1 Å². The van der Waals surface area contributed by atoms with E-state index >= 15 is 0 Å². The van der Waals surface area contributed by atoms with Gasteiger partial charge in [-0.3, -0.25) is 4.79 Å². The Morgan fingerprint density at radius 3 is 2.60 bits per heavy atom. The Bertz CT molecular complexity index is 601. The summed E-state index contributed by atoms with van der Waals surface area (Å²) in [5.41, 5.74) is 0.432. The van der Waals surface area contributed by atoms with E-state index in [0.29, 0.717) is 11.1 Å². The van der Waals surface area contributed by atoms with E-state index in [-0.39, 0.29) is 25.7 Å². The molecule has 1 aromatic carbocycles. The fraction of sp³-hybridized carbons (Fsp3) is 0.400. The number of carbonyl (C=O) groups excluding carboxylic acids is 1. The monoisotopic (exact) mass is 277 g/mol. The molecule has 2 rings (SSSR count). The minimum absolute atomic E-state index is 0.187. The highest BCUT2D eigenvalue weighted by atomic mass is 16.3. The van der Waals surface area contributed by atoms with Gasteiger partial charge in [0.1, 0.15) is 11.8 Å². The maximum Gasteiger partial charge on any atom is 0.257 e. The van der Waals surface area contributed by atoms with Crippen LogP contribution in [0, 0.1) is 5.41 Å². The number of amides is 1. The summed E-state index contributed by atoms with van der Waals surface area (Å²) in [7, 11) is 1.65. The van der Waals surface area contributed by atoms with Crippen molar-refractivity contribution in [2.24, 2.45) is 5.41 Å². The van der Waals surface area contributed by atoms with E-state index < -0.39 is 5.41 Å². The van der Waals surface area contributed by atoms with Gasteiger partial charge in [-0.05, 0) is 6.07 Å². The molecule has 0 aliphatic carbocycles. The van der Waals surface area contributed by atoms with Crippen LogP contribution in [0.5, 0.6) is 0 Å². The first-order chi connectivity index (χ1) is 9.50. The number of aliphatic hydroxyl groups excluding tert-OH is 2. The van der Waals surface area contributed by atoms with Crippen LogP contribution in [0.3, 0.4) is 0 Å². The summed E-state index contributed by atoms with van der Waals surface area (Å²) in [6, 6.07) is 7.33. The quantitative estimate of drug-likeness (QED) is 0.868. The molecule has 0 aliphatic rings. The SMILES string of the molecule is CN(CC(C)(CO)CO)C(=O)c1coc2ccccc12. The van der Waals surface area contributed by atoms with Gasteiger partial charge < -0.3 is 19.5 Å². The van der Waals surface area contributed by atoms with Crippen molar-refractivity contribution in [3.8, 4) is 0 Å². The number of hydrogen-bond donors (Lipinski definition) is 2. The number of para-hydroxylation sites is 1. The highest BCUT2D eigenvalue weighted by Gasteiger charge is 2.28. The van der Waals surface area contributed by atoms with E-state index in [4.69, 9.17) is 4.42 Å². The van der Waals surface area contributed by atoms with Gasteiger partial charge in [0.15, 0.2) is 0 Å². The van der Waals surface area contributed by atoms with Crippen molar-refractivity contribution in [2.75, 3.05) is 26.8 Å². The molecular formula is C15H19NO4. The first kappa shape index (κ1) is 14.6. The smallest absolute Gasteiger partial charge is 0.257 e. The molecule has 1 heterocycles. The average molecular weight is 277 g/mol. The van der Waals surface area contributed by atoms with Crippen LogP contribution in [0.1, 0.15) is 17.3 Å². The Labute approximate surface area is 117 Å². The number of fused-ring (bicyclic) bond motifs is 1. The number of furan rings is 1. The molecule has 1 amide bonds. The summed E-state index contributed by atoms with van der Waals surface area (Å²) in [5, 5.41) is 19.4. The van der Waals surface area contributed by atoms with Crippen LogP contribution >= 0.6 is 0 Å². The molecule has 5 nitrogen and oxygen atoms in total. The number of rotatable bonds is 5. The lowest BCUT2D eigenvalue weighted by molar-refractivity contribution is 0.0367. The molecule has 0 bridgehead atoms. The zero-order chi connectivity index (χ0) is 14.8. The fourth-order valence-corrected chi connectivity index (χ4v) is 2.14. The van der Waals surface area contributed by atoms with Gasteiger partial charge in [-0.25, -0.2) is 0 Å². The van der Waals surface area contributed by atoms with Gasteiger partial charge in [0.05, 0.1) is 18.8 Å². The molecule has 0 unspecified atom stereocenters. The maximum atomic E-state index is 12.4. The summed E-state index contributed by atoms with van der Waals surface area (Å²) >= 11 is 0. The molecule has 0 spiro atoms. The standard InChI is InChI=1S/C15H19NO4/c1-15(9-17,10-18)8-16(2)14(19)12-7-20-13-6-4-3-5-11(12)13/h3-7,17-18H,8-10H2,1-2H3. The zero-order valence-corrected chi connectivity index (χ0v) is 11.7. The van der Waals surface area contributed by atoms with Crippen LogP contribution in [0.25, 0.3) is 11.0 Å². The zero-order valence-electron chi connectivity index (χ0n) is 11.7. The van der Waals surface area contributed by atoms with E-state index in [1.54, 1.807) is 20.0 Å². The molecular weight excluding hydrogens is 258 g/mol. The third kappa shape index (κ3) is 2.69. The number of benzene rings is 1. The topological polar surface area (TPSA) is 73.9 Å². The highest BCUT2D eigenvalue weighted by molar-refractivity contribution is 6.05. The second-order valence-corrected chi connectivity index (χ2v) is 5.43. The lowest BCUT2D eigenvalue weighted by Crippen LogP contribution is -2.41. The second kappa shape index (κ2) is 5.64. The van der Waals surface area contributed by atoms with Crippen LogP contribution in [0.2, 0.25) is 0 Å². The van der Waals surface area contributed by atoms with Crippen molar-refractivity contribution in [1.29, 1.82) is 0 Å². The van der Waals surface area contributed by atoms with Crippen molar-refractivity contribution >= 4 is 16.9 Å². The van der Waals surface area contributed by atoms with Crippen molar-refractivity contribution in [2.45, 2.75) is 6.92 Å². The van der Waals surface area contributed by atoms with Crippen LogP contribution in [-0.4, -0.2) is 47.8 Å². The number of aliphatic hydroxyl groups is 2. The molecule has 0 fully saturated rings. The summed E-state index contributed by atoms with van der Waals surface area (Å²) < 4.78 is 5.36. The second-order valence-electron chi connectivity index (χ2n) is 5.43. The van der Waals surface area contributed by atoms with Gasteiger partial charge in [-0.15, -0.1) is 0 Å². The van der Waals surface area contributed by atoms with Crippen LogP contribution in [-0.2, 0) is 0 Å². The lowest BCUT2D eigenvalue weighted by Gasteiger charge is -2.30. The van der Waals surface area contributed by atoms with Gasteiger partial charge in [-0.2, -0.15) is 0 Å². The predicted octanol–water partition coefficient (Wildman–Crippen LogP) is 1.50. The summed E-state index contributed by atoms with van der Waals surface area (Å²) in [4.78, 5) is 13.9. The number of hydrogen-bond acceptors (Lipinski definition) is 4.